The quantitative estimate of drug-likeness (QED) is 0.707. The molecule has 0 radical (unpaired) electrons. The van der Waals surface area contributed by atoms with Gasteiger partial charge >= 0.3 is 0 Å². The number of carbonyl (C=O) groups excluding carboxylic acids is 2. The second-order valence-electron chi connectivity index (χ2n) is 5.69. The van der Waals surface area contributed by atoms with Gasteiger partial charge in [-0.2, -0.15) is 0 Å². The van der Waals surface area contributed by atoms with Crippen molar-refractivity contribution < 1.29 is 14.0 Å². The normalized spacial score (nSPS) is 10.5. The van der Waals surface area contributed by atoms with E-state index in [0.717, 1.165) is 17.0 Å². The number of hydrogen-bond donors (Lipinski definition) is 2. The summed E-state index contributed by atoms with van der Waals surface area (Å²) in [4.78, 5) is 31.5. The summed E-state index contributed by atoms with van der Waals surface area (Å²) in [6.45, 7) is 2.25. The summed E-state index contributed by atoms with van der Waals surface area (Å²) in [6, 6.07) is 12.6. The van der Waals surface area contributed by atoms with Gasteiger partial charge < -0.3 is 15.5 Å². The highest BCUT2D eigenvalue weighted by Gasteiger charge is 2.12. The smallest absolute Gasteiger partial charge is 0.267 e. The Morgan fingerprint density at radius 1 is 1.15 bits per heavy atom. The van der Waals surface area contributed by atoms with E-state index in [2.05, 4.69) is 15.3 Å². The highest BCUT2D eigenvalue weighted by molar-refractivity contribution is 5.95. The first-order chi connectivity index (χ1) is 12.5. The van der Waals surface area contributed by atoms with Crippen molar-refractivity contribution in [2.45, 2.75) is 13.3 Å². The van der Waals surface area contributed by atoms with Crippen molar-refractivity contribution in [2.24, 2.45) is 5.73 Å². The number of rotatable bonds is 6. The van der Waals surface area contributed by atoms with Crippen LogP contribution in [0.3, 0.4) is 0 Å². The maximum Gasteiger partial charge on any atom is 0.267 e. The van der Waals surface area contributed by atoms with Crippen molar-refractivity contribution in [3.63, 3.8) is 0 Å². The summed E-state index contributed by atoms with van der Waals surface area (Å²) in [5.74, 6) is 0.381. The van der Waals surface area contributed by atoms with E-state index in [1.54, 1.807) is 0 Å². The second-order valence-corrected chi connectivity index (χ2v) is 5.69. The molecule has 0 bridgehead atoms. The van der Waals surface area contributed by atoms with Crippen LogP contribution >= 0.6 is 0 Å². The third-order valence-corrected chi connectivity index (χ3v) is 3.84. The fourth-order valence-electron chi connectivity index (χ4n) is 2.43. The Bertz CT molecular complexity index is 918. The van der Waals surface area contributed by atoms with Gasteiger partial charge in [-0.05, 0) is 31.2 Å². The maximum atomic E-state index is 12.1. The van der Waals surface area contributed by atoms with Crippen LogP contribution in [0.4, 0.5) is 0 Å². The number of benzene rings is 1. The Balaban J connectivity index is 1.59. The van der Waals surface area contributed by atoms with Gasteiger partial charge in [0, 0.05) is 24.7 Å². The number of carbonyl (C=O) groups is 2. The van der Waals surface area contributed by atoms with Crippen LogP contribution in [-0.2, 0) is 6.42 Å². The van der Waals surface area contributed by atoms with E-state index in [1.165, 1.54) is 18.3 Å². The Hall–Kier alpha value is -3.48. The molecule has 7 nitrogen and oxygen atoms in total. The maximum absolute atomic E-state index is 12.1. The summed E-state index contributed by atoms with van der Waals surface area (Å²) >= 11 is 0. The van der Waals surface area contributed by atoms with Gasteiger partial charge in [0.25, 0.3) is 11.8 Å². The standard InChI is InChI=1S/C19H18N4O3/c1-12-15(23-19(26-12)13-5-3-2-4-6-13)9-10-21-18(25)14-7-8-16(17(20)24)22-11-14/h2-8,11H,9-10H2,1H3,(H2,20,24)(H,21,25). The lowest BCUT2D eigenvalue weighted by Gasteiger charge is -2.04. The number of aromatic nitrogens is 2. The van der Waals surface area contributed by atoms with Crippen LogP contribution in [0.1, 0.15) is 32.3 Å². The zero-order chi connectivity index (χ0) is 18.5. The van der Waals surface area contributed by atoms with Crippen LogP contribution in [0.25, 0.3) is 11.5 Å². The zero-order valence-corrected chi connectivity index (χ0v) is 14.2. The van der Waals surface area contributed by atoms with Crippen molar-refractivity contribution in [1.82, 2.24) is 15.3 Å². The molecule has 1 aromatic carbocycles. The van der Waals surface area contributed by atoms with Crippen molar-refractivity contribution in [2.75, 3.05) is 6.54 Å². The molecule has 7 heteroatoms. The Kier molecular flexibility index (Phi) is 5.07. The summed E-state index contributed by atoms with van der Waals surface area (Å²) in [5.41, 5.74) is 7.31. The van der Waals surface area contributed by atoms with E-state index in [4.69, 9.17) is 10.2 Å². The fourth-order valence-corrected chi connectivity index (χ4v) is 2.43. The van der Waals surface area contributed by atoms with Crippen molar-refractivity contribution in [3.8, 4) is 11.5 Å². The van der Waals surface area contributed by atoms with Crippen LogP contribution in [-0.4, -0.2) is 28.3 Å². The topological polar surface area (TPSA) is 111 Å². The molecule has 26 heavy (non-hydrogen) atoms. The van der Waals surface area contributed by atoms with Crippen molar-refractivity contribution in [1.29, 1.82) is 0 Å². The molecule has 3 N–H and O–H groups in total. The third-order valence-electron chi connectivity index (χ3n) is 3.84. The van der Waals surface area contributed by atoms with Crippen LogP contribution < -0.4 is 11.1 Å². The Morgan fingerprint density at radius 2 is 1.92 bits per heavy atom. The van der Waals surface area contributed by atoms with Gasteiger partial charge in [0.05, 0.1) is 11.3 Å². The Morgan fingerprint density at radius 3 is 2.58 bits per heavy atom. The molecule has 3 rings (SSSR count). The van der Waals surface area contributed by atoms with Gasteiger partial charge in [-0.25, -0.2) is 4.98 Å². The monoisotopic (exact) mass is 350 g/mol. The van der Waals surface area contributed by atoms with Crippen LogP contribution in [0.5, 0.6) is 0 Å². The molecular weight excluding hydrogens is 332 g/mol. The largest absolute Gasteiger partial charge is 0.441 e. The second kappa shape index (κ2) is 7.60. The molecule has 0 aliphatic heterocycles. The van der Waals surface area contributed by atoms with E-state index in [9.17, 15) is 9.59 Å². The van der Waals surface area contributed by atoms with Crippen LogP contribution in [0.15, 0.2) is 53.1 Å². The first kappa shape index (κ1) is 17.3. The van der Waals surface area contributed by atoms with Gasteiger partial charge in [-0.15, -0.1) is 0 Å². The average molecular weight is 350 g/mol. The number of hydrogen-bond acceptors (Lipinski definition) is 5. The van der Waals surface area contributed by atoms with Crippen molar-refractivity contribution >= 4 is 11.8 Å². The van der Waals surface area contributed by atoms with E-state index >= 15 is 0 Å². The lowest BCUT2D eigenvalue weighted by Crippen LogP contribution is -2.26. The molecule has 2 heterocycles. The number of nitrogens with one attached hydrogen (secondary N) is 1. The van der Waals surface area contributed by atoms with E-state index in [1.807, 2.05) is 37.3 Å². The molecule has 2 amide bonds. The average Bonchev–Trinajstić information content (AvgIpc) is 3.03. The number of primary amides is 1. The SMILES string of the molecule is Cc1oc(-c2ccccc2)nc1CCNC(=O)c1ccc(C(N)=O)nc1. The molecule has 3 aromatic rings. The summed E-state index contributed by atoms with van der Waals surface area (Å²) < 4.78 is 5.70. The highest BCUT2D eigenvalue weighted by atomic mass is 16.4. The lowest BCUT2D eigenvalue weighted by atomic mass is 10.2. The number of nitrogens with zero attached hydrogens (tertiary/aromatic N) is 2. The first-order valence-electron chi connectivity index (χ1n) is 8.10. The molecule has 0 atom stereocenters. The zero-order valence-electron chi connectivity index (χ0n) is 14.2. The molecule has 0 aliphatic rings. The van der Waals surface area contributed by atoms with Gasteiger partial charge in [0.2, 0.25) is 5.89 Å². The third kappa shape index (κ3) is 3.94. The minimum Gasteiger partial charge on any atom is -0.441 e. The fraction of sp³-hybridized carbons (Fsp3) is 0.158. The van der Waals surface area contributed by atoms with Gasteiger partial charge in [-0.3, -0.25) is 14.6 Å². The summed E-state index contributed by atoms with van der Waals surface area (Å²) in [6.07, 6.45) is 1.87. The molecule has 132 valence electrons. The summed E-state index contributed by atoms with van der Waals surface area (Å²) in [5, 5.41) is 2.80. The molecule has 0 saturated carbocycles. The number of aryl methyl sites for hydroxylation is 1. The van der Waals surface area contributed by atoms with Crippen LogP contribution in [0, 0.1) is 6.92 Å². The highest BCUT2D eigenvalue weighted by Crippen LogP contribution is 2.21. The molecule has 0 spiro atoms. The van der Waals surface area contributed by atoms with E-state index < -0.39 is 5.91 Å². The minimum absolute atomic E-state index is 0.119. The summed E-state index contributed by atoms with van der Waals surface area (Å²) in [7, 11) is 0. The van der Waals surface area contributed by atoms with E-state index in [-0.39, 0.29) is 11.6 Å². The molecule has 2 aromatic heterocycles. The Labute approximate surface area is 150 Å². The minimum atomic E-state index is -0.632. The molecule has 0 fully saturated rings. The molecule has 0 saturated heterocycles. The molecule has 0 aliphatic carbocycles. The van der Waals surface area contributed by atoms with E-state index in [0.29, 0.717) is 24.4 Å². The number of nitrogens with two attached hydrogens (primary N) is 1. The first-order valence-corrected chi connectivity index (χ1v) is 8.10. The number of pyridine rings is 1. The number of oxazole rings is 1. The molecular formula is C19H18N4O3. The van der Waals surface area contributed by atoms with Crippen LogP contribution in [0.2, 0.25) is 0 Å². The lowest BCUT2D eigenvalue weighted by molar-refractivity contribution is 0.0950. The number of amides is 2. The van der Waals surface area contributed by atoms with Gasteiger partial charge in [0.1, 0.15) is 11.5 Å². The predicted octanol–water partition coefficient (Wildman–Crippen LogP) is 2.12. The van der Waals surface area contributed by atoms with Gasteiger partial charge in [-0.1, -0.05) is 18.2 Å². The van der Waals surface area contributed by atoms with Gasteiger partial charge in [0.15, 0.2) is 0 Å². The predicted molar refractivity (Wildman–Crippen MR) is 95.5 cm³/mol. The van der Waals surface area contributed by atoms with Crippen molar-refractivity contribution in [3.05, 3.63) is 71.4 Å². The molecule has 0 unspecified atom stereocenters.